The molecule has 2 rings (SSSR count). The van der Waals surface area contributed by atoms with Crippen molar-refractivity contribution in [1.82, 2.24) is 5.43 Å². The van der Waals surface area contributed by atoms with Crippen LogP contribution in [0.1, 0.15) is 29.8 Å². The van der Waals surface area contributed by atoms with Gasteiger partial charge in [-0.1, -0.05) is 62.4 Å². The van der Waals surface area contributed by atoms with E-state index in [9.17, 15) is 4.79 Å². The van der Waals surface area contributed by atoms with Crippen LogP contribution in [0.15, 0.2) is 65.8 Å². The Balaban J connectivity index is 2.17. The maximum absolute atomic E-state index is 12.0. The summed E-state index contributed by atoms with van der Waals surface area (Å²) in [5, 5.41) is 4.29. The van der Waals surface area contributed by atoms with Gasteiger partial charge in [-0.2, -0.15) is 5.10 Å². The van der Waals surface area contributed by atoms with Crippen LogP contribution in [0, 0.1) is 5.92 Å². The minimum absolute atomic E-state index is 0.195. The fourth-order valence-corrected chi connectivity index (χ4v) is 1.90. The smallest absolute Gasteiger partial charge is 0.267 e. The van der Waals surface area contributed by atoms with Crippen molar-refractivity contribution < 1.29 is 4.79 Å². The zero-order valence-electron chi connectivity index (χ0n) is 11.7. The number of nitrogens with zero attached hydrogens (tertiary/aromatic N) is 1. The lowest BCUT2D eigenvalue weighted by atomic mass is 10.0. The number of hydrazone groups is 1. The molecule has 0 aliphatic carbocycles. The minimum Gasteiger partial charge on any atom is -0.267 e. The quantitative estimate of drug-likeness (QED) is 0.668. The second kappa shape index (κ2) is 6.66. The molecule has 0 aliphatic rings. The Morgan fingerprint density at radius 2 is 1.40 bits per heavy atom. The van der Waals surface area contributed by atoms with E-state index in [0.717, 1.165) is 11.3 Å². The lowest BCUT2D eigenvalue weighted by Crippen LogP contribution is -2.22. The van der Waals surface area contributed by atoms with E-state index in [1.165, 1.54) is 0 Å². The SMILES string of the molecule is CC(C)C(=NNC(=O)c1ccccc1)c1ccccc1. The third-order valence-corrected chi connectivity index (χ3v) is 2.93. The number of benzene rings is 2. The number of hydrogen-bond acceptors (Lipinski definition) is 2. The van der Waals surface area contributed by atoms with Crippen LogP contribution in [-0.2, 0) is 0 Å². The summed E-state index contributed by atoms with van der Waals surface area (Å²) in [6.07, 6.45) is 0. The lowest BCUT2D eigenvalue weighted by molar-refractivity contribution is 0.0954. The number of amides is 1. The van der Waals surface area contributed by atoms with Gasteiger partial charge in [0.25, 0.3) is 5.91 Å². The third kappa shape index (κ3) is 3.54. The first-order chi connectivity index (χ1) is 9.68. The number of carbonyl (C=O) groups excluding carboxylic acids is 1. The molecule has 0 heterocycles. The van der Waals surface area contributed by atoms with Crippen LogP contribution in [0.25, 0.3) is 0 Å². The Kier molecular flexibility index (Phi) is 4.66. The maximum Gasteiger partial charge on any atom is 0.271 e. The Morgan fingerprint density at radius 3 is 1.90 bits per heavy atom. The van der Waals surface area contributed by atoms with Crippen molar-refractivity contribution in [3.05, 3.63) is 71.8 Å². The summed E-state index contributed by atoms with van der Waals surface area (Å²) >= 11 is 0. The van der Waals surface area contributed by atoms with E-state index in [1.807, 2.05) is 48.5 Å². The molecule has 0 unspecified atom stereocenters. The Hall–Kier alpha value is -2.42. The summed E-state index contributed by atoms with van der Waals surface area (Å²) in [7, 11) is 0. The summed E-state index contributed by atoms with van der Waals surface area (Å²) in [5.41, 5.74) is 5.13. The van der Waals surface area contributed by atoms with Crippen LogP contribution in [0.3, 0.4) is 0 Å². The molecule has 1 amide bonds. The molecule has 0 saturated heterocycles. The number of rotatable bonds is 4. The predicted molar refractivity (Wildman–Crippen MR) is 81.7 cm³/mol. The highest BCUT2D eigenvalue weighted by Crippen LogP contribution is 2.09. The minimum atomic E-state index is -0.195. The molecule has 0 saturated carbocycles. The molecule has 0 atom stereocenters. The van der Waals surface area contributed by atoms with Crippen molar-refractivity contribution >= 4 is 11.6 Å². The third-order valence-electron chi connectivity index (χ3n) is 2.93. The lowest BCUT2D eigenvalue weighted by Gasteiger charge is -2.10. The number of hydrogen-bond donors (Lipinski definition) is 1. The largest absolute Gasteiger partial charge is 0.271 e. The van der Waals surface area contributed by atoms with E-state index in [-0.39, 0.29) is 11.8 Å². The van der Waals surface area contributed by atoms with Crippen LogP contribution >= 0.6 is 0 Å². The normalized spacial score (nSPS) is 11.4. The average molecular weight is 266 g/mol. The summed E-state index contributed by atoms with van der Waals surface area (Å²) < 4.78 is 0. The molecule has 2 aromatic carbocycles. The van der Waals surface area contributed by atoms with E-state index < -0.39 is 0 Å². The van der Waals surface area contributed by atoms with Crippen molar-refractivity contribution in [2.24, 2.45) is 11.0 Å². The van der Waals surface area contributed by atoms with Gasteiger partial charge in [0, 0.05) is 5.56 Å². The molecule has 3 heteroatoms. The van der Waals surface area contributed by atoms with Crippen LogP contribution in [0.4, 0.5) is 0 Å². The van der Waals surface area contributed by atoms with Gasteiger partial charge < -0.3 is 0 Å². The molecule has 0 fully saturated rings. The molecule has 0 aliphatic heterocycles. The van der Waals surface area contributed by atoms with Crippen molar-refractivity contribution in [1.29, 1.82) is 0 Å². The number of nitrogens with one attached hydrogen (secondary N) is 1. The molecule has 1 N–H and O–H groups in total. The molecular formula is C17H18N2O. The molecule has 0 aromatic heterocycles. The summed E-state index contributed by atoms with van der Waals surface area (Å²) in [4.78, 5) is 12.0. The van der Waals surface area contributed by atoms with Gasteiger partial charge in [-0.15, -0.1) is 0 Å². The standard InChI is InChI=1S/C17H18N2O/c1-13(2)16(14-9-5-3-6-10-14)18-19-17(20)15-11-7-4-8-12-15/h3-13H,1-2H3,(H,19,20). The van der Waals surface area contributed by atoms with Gasteiger partial charge in [-0.05, 0) is 23.6 Å². The van der Waals surface area contributed by atoms with Gasteiger partial charge in [0.1, 0.15) is 0 Å². The molecule has 3 nitrogen and oxygen atoms in total. The fourth-order valence-electron chi connectivity index (χ4n) is 1.90. The van der Waals surface area contributed by atoms with Crippen molar-refractivity contribution in [3.8, 4) is 0 Å². The van der Waals surface area contributed by atoms with Gasteiger partial charge >= 0.3 is 0 Å². The first-order valence-corrected chi connectivity index (χ1v) is 6.67. The molecule has 20 heavy (non-hydrogen) atoms. The number of carbonyl (C=O) groups is 1. The van der Waals surface area contributed by atoms with Crippen molar-refractivity contribution in [2.75, 3.05) is 0 Å². The summed E-state index contributed by atoms with van der Waals surface area (Å²) in [6.45, 7) is 4.11. The zero-order valence-corrected chi connectivity index (χ0v) is 11.7. The highest BCUT2D eigenvalue weighted by atomic mass is 16.2. The fraction of sp³-hybridized carbons (Fsp3) is 0.176. The molecule has 0 radical (unpaired) electrons. The van der Waals surface area contributed by atoms with E-state index >= 15 is 0 Å². The predicted octanol–water partition coefficient (Wildman–Crippen LogP) is 3.48. The molecule has 0 bridgehead atoms. The van der Waals surface area contributed by atoms with E-state index in [4.69, 9.17) is 0 Å². The molecule has 0 spiro atoms. The Morgan fingerprint density at radius 1 is 0.900 bits per heavy atom. The molecular weight excluding hydrogens is 248 g/mol. The zero-order chi connectivity index (χ0) is 14.4. The van der Waals surface area contributed by atoms with Crippen molar-refractivity contribution in [3.63, 3.8) is 0 Å². The average Bonchev–Trinajstić information content (AvgIpc) is 2.49. The van der Waals surface area contributed by atoms with E-state index in [1.54, 1.807) is 12.1 Å². The summed E-state index contributed by atoms with van der Waals surface area (Å²) in [6, 6.07) is 19.0. The summed E-state index contributed by atoms with van der Waals surface area (Å²) in [5.74, 6) is 0.0353. The monoisotopic (exact) mass is 266 g/mol. The van der Waals surface area contributed by atoms with Gasteiger partial charge in [0.2, 0.25) is 0 Å². The first kappa shape index (κ1) is 14.0. The van der Waals surface area contributed by atoms with Gasteiger partial charge in [-0.25, -0.2) is 5.43 Å². The van der Waals surface area contributed by atoms with Crippen LogP contribution < -0.4 is 5.43 Å². The van der Waals surface area contributed by atoms with Crippen LogP contribution in [-0.4, -0.2) is 11.6 Å². The topological polar surface area (TPSA) is 41.5 Å². The highest BCUT2D eigenvalue weighted by molar-refractivity contribution is 6.03. The maximum atomic E-state index is 12.0. The van der Waals surface area contributed by atoms with Gasteiger partial charge in [0.05, 0.1) is 5.71 Å². The highest BCUT2D eigenvalue weighted by Gasteiger charge is 2.09. The van der Waals surface area contributed by atoms with Gasteiger partial charge in [-0.3, -0.25) is 4.79 Å². The van der Waals surface area contributed by atoms with E-state index in [0.29, 0.717) is 5.56 Å². The second-order valence-corrected chi connectivity index (χ2v) is 4.82. The van der Waals surface area contributed by atoms with E-state index in [2.05, 4.69) is 24.4 Å². The van der Waals surface area contributed by atoms with Crippen LogP contribution in [0.2, 0.25) is 0 Å². The molecule has 2 aromatic rings. The first-order valence-electron chi connectivity index (χ1n) is 6.67. The van der Waals surface area contributed by atoms with Crippen molar-refractivity contribution in [2.45, 2.75) is 13.8 Å². The second-order valence-electron chi connectivity index (χ2n) is 4.82. The Bertz CT molecular complexity index is 589. The van der Waals surface area contributed by atoms with Crippen LogP contribution in [0.5, 0.6) is 0 Å². The molecule has 102 valence electrons. The Labute approximate surface area is 119 Å². The van der Waals surface area contributed by atoms with Gasteiger partial charge in [0.15, 0.2) is 0 Å².